The Kier molecular flexibility index (Phi) is 5.88. The van der Waals surface area contributed by atoms with E-state index in [1.54, 1.807) is 24.5 Å². The van der Waals surface area contributed by atoms with E-state index >= 15 is 0 Å². The molecule has 0 bridgehead atoms. The quantitative estimate of drug-likeness (QED) is 0.558. The van der Waals surface area contributed by atoms with Crippen molar-refractivity contribution in [3.05, 3.63) is 58.1 Å². The summed E-state index contributed by atoms with van der Waals surface area (Å²) in [5, 5.41) is 14.2. The van der Waals surface area contributed by atoms with Gasteiger partial charge < -0.3 is 5.32 Å². The minimum Gasteiger partial charge on any atom is -0.350 e. The van der Waals surface area contributed by atoms with Crippen LogP contribution in [0.3, 0.4) is 0 Å². The molecule has 1 unspecified atom stereocenters. The zero-order valence-corrected chi connectivity index (χ0v) is 15.2. The zero-order valence-electron chi connectivity index (χ0n) is 13.6. The molecule has 0 aliphatic heterocycles. The third-order valence-electron chi connectivity index (χ3n) is 3.32. The fourth-order valence-electron chi connectivity index (χ4n) is 2.18. The van der Waals surface area contributed by atoms with E-state index in [4.69, 9.17) is 0 Å². The molecule has 2 aromatic rings. The predicted octanol–water partition coefficient (Wildman–Crippen LogP) is 2.12. The Morgan fingerprint density at radius 1 is 1.20 bits per heavy atom. The summed E-state index contributed by atoms with van der Waals surface area (Å²) < 4.78 is 37.1. The van der Waals surface area contributed by atoms with Gasteiger partial charge in [-0.05, 0) is 36.9 Å². The van der Waals surface area contributed by atoms with Crippen LogP contribution in [0.25, 0.3) is 0 Å². The highest BCUT2D eigenvalue weighted by Crippen LogP contribution is 2.30. The normalized spacial score (nSPS) is 12.6. The molecule has 10 heteroatoms. The number of nitrogens with one attached hydrogen (secondary N) is 2. The molecule has 2 N–H and O–H groups in total. The summed E-state index contributed by atoms with van der Waals surface area (Å²) in [7, 11) is -3.55. The summed E-state index contributed by atoms with van der Waals surface area (Å²) in [6, 6.07) is 10.6. The lowest BCUT2D eigenvalue weighted by Crippen LogP contribution is -2.18. The third-order valence-corrected chi connectivity index (χ3v) is 5.47. The van der Waals surface area contributed by atoms with E-state index in [0.717, 1.165) is 11.6 Å². The second-order valence-corrected chi connectivity index (χ2v) is 8.51. The molecular weight excluding hydrogens is 366 g/mol. The van der Waals surface area contributed by atoms with E-state index in [0.29, 0.717) is 11.4 Å². The number of nitro benzene ring substituents is 1. The fraction of sp³-hybridized carbons (Fsp3) is 0.200. The molecule has 0 aliphatic carbocycles. The van der Waals surface area contributed by atoms with Gasteiger partial charge in [-0.15, -0.1) is 0 Å². The number of hydrogen-bond donors (Lipinski definition) is 2. The Bertz CT molecular complexity index is 929. The van der Waals surface area contributed by atoms with Crippen LogP contribution in [0.2, 0.25) is 0 Å². The summed E-state index contributed by atoms with van der Waals surface area (Å²) in [4.78, 5) is 10.5. The maximum atomic E-state index is 11.8. The van der Waals surface area contributed by atoms with Gasteiger partial charge in [0.1, 0.15) is 5.69 Å². The molecule has 1 atom stereocenters. The molecule has 134 valence electrons. The van der Waals surface area contributed by atoms with E-state index in [1.807, 2.05) is 6.07 Å². The van der Waals surface area contributed by atoms with E-state index in [-0.39, 0.29) is 16.3 Å². The van der Waals surface area contributed by atoms with Gasteiger partial charge in [-0.25, -0.2) is 13.1 Å². The Morgan fingerprint density at radius 2 is 1.92 bits per heavy atom. The average Bonchev–Trinajstić information content (AvgIpc) is 2.54. The van der Waals surface area contributed by atoms with Crippen LogP contribution in [0.1, 0.15) is 5.56 Å². The van der Waals surface area contributed by atoms with Gasteiger partial charge in [-0.2, -0.15) is 0 Å². The van der Waals surface area contributed by atoms with Crippen LogP contribution in [0, 0.1) is 10.1 Å². The Labute approximate surface area is 147 Å². The van der Waals surface area contributed by atoms with Crippen molar-refractivity contribution < 1.29 is 17.6 Å². The van der Waals surface area contributed by atoms with Crippen LogP contribution in [0.15, 0.2) is 47.4 Å². The first kappa shape index (κ1) is 19.0. The highest BCUT2D eigenvalue weighted by molar-refractivity contribution is 7.89. The van der Waals surface area contributed by atoms with E-state index in [1.165, 1.54) is 19.2 Å². The number of rotatable bonds is 7. The lowest BCUT2D eigenvalue weighted by atomic mass is 10.2. The van der Waals surface area contributed by atoms with Crippen LogP contribution < -0.4 is 10.0 Å². The van der Waals surface area contributed by atoms with Crippen molar-refractivity contribution in [1.29, 1.82) is 0 Å². The second-order valence-electron chi connectivity index (χ2n) is 5.19. The monoisotopic (exact) mass is 383 g/mol. The Balaban J connectivity index is 2.40. The van der Waals surface area contributed by atoms with Gasteiger partial charge in [-0.1, -0.05) is 12.1 Å². The SMILES string of the molecule is CNS(=O)(=O)c1ccc(Nc2cccc(CS(C)=O)c2)c([N+](=O)[O-])c1. The molecule has 0 saturated carbocycles. The van der Waals surface area contributed by atoms with Crippen molar-refractivity contribution in [3.8, 4) is 0 Å². The Hall–Kier alpha value is -2.30. The molecule has 0 fully saturated rings. The summed E-state index contributed by atoms with van der Waals surface area (Å²) in [5.74, 6) is 0.372. The van der Waals surface area contributed by atoms with Crippen LogP contribution in [0.5, 0.6) is 0 Å². The first-order valence-corrected chi connectivity index (χ1v) is 10.3. The van der Waals surface area contributed by atoms with E-state index < -0.39 is 25.7 Å². The number of anilines is 2. The van der Waals surface area contributed by atoms with E-state index in [2.05, 4.69) is 10.0 Å². The van der Waals surface area contributed by atoms with Crippen LogP contribution in [-0.4, -0.2) is 30.9 Å². The van der Waals surface area contributed by atoms with Gasteiger partial charge in [0, 0.05) is 34.6 Å². The number of benzene rings is 2. The van der Waals surface area contributed by atoms with Crippen molar-refractivity contribution in [2.75, 3.05) is 18.6 Å². The number of hydrogen-bond acceptors (Lipinski definition) is 6. The molecule has 2 rings (SSSR count). The molecule has 8 nitrogen and oxygen atoms in total. The molecule has 0 amide bonds. The molecule has 0 aliphatic rings. The third kappa shape index (κ3) is 4.84. The molecular formula is C15H17N3O5S2. The van der Waals surface area contributed by atoms with Gasteiger partial charge in [0.25, 0.3) is 5.69 Å². The lowest BCUT2D eigenvalue weighted by Gasteiger charge is -2.10. The summed E-state index contributed by atoms with van der Waals surface area (Å²) in [6.07, 6.45) is 1.59. The molecule has 25 heavy (non-hydrogen) atoms. The second kappa shape index (κ2) is 7.72. The minimum absolute atomic E-state index is 0.162. The Morgan fingerprint density at radius 3 is 2.52 bits per heavy atom. The van der Waals surface area contributed by atoms with Crippen molar-refractivity contribution in [3.63, 3.8) is 0 Å². The molecule has 0 heterocycles. The summed E-state index contributed by atoms with van der Waals surface area (Å²) >= 11 is 0. The van der Waals surface area contributed by atoms with Crippen molar-refractivity contribution in [2.45, 2.75) is 10.6 Å². The molecule has 0 radical (unpaired) electrons. The van der Waals surface area contributed by atoms with Crippen molar-refractivity contribution in [1.82, 2.24) is 4.72 Å². The summed E-state index contributed by atoms with van der Waals surface area (Å²) in [5.41, 5.74) is 1.20. The zero-order chi connectivity index (χ0) is 18.6. The maximum absolute atomic E-state index is 11.8. The highest BCUT2D eigenvalue weighted by Gasteiger charge is 2.20. The van der Waals surface area contributed by atoms with Gasteiger partial charge in [-0.3, -0.25) is 14.3 Å². The number of sulfonamides is 1. The standard InChI is InChI=1S/C15H17N3O5S2/c1-16-25(22,23)13-6-7-14(15(9-13)18(19)20)17-12-5-3-4-11(8-12)10-24(2)21/h3-9,16-17H,10H2,1-2H3. The topological polar surface area (TPSA) is 118 Å². The number of nitro groups is 1. The molecule has 0 aromatic heterocycles. The molecule has 2 aromatic carbocycles. The van der Waals surface area contributed by atoms with Gasteiger partial charge in [0.05, 0.1) is 9.82 Å². The predicted molar refractivity (Wildman–Crippen MR) is 96.8 cm³/mol. The summed E-state index contributed by atoms with van der Waals surface area (Å²) in [6.45, 7) is 0. The van der Waals surface area contributed by atoms with Crippen LogP contribution in [-0.2, 0) is 26.6 Å². The molecule has 0 spiro atoms. The minimum atomic E-state index is -3.78. The fourth-order valence-corrected chi connectivity index (χ4v) is 3.58. The van der Waals surface area contributed by atoms with Crippen LogP contribution in [0.4, 0.5) is 17.1 Å². The highest BCUT2D eigenvalue weighted by atomic mass is 32.2. The maximum Gasteiger partial charge on any atom is 0.294 e. The lowest BCUT2D eigenvalue weighted by molar-refractivity contribution is -0.384. The van der Waals surface area contributed by atoms with Gasteiger partial charge in [0.2, 0.25) is 10.0 Å². The van der Waals surface area contributed by atoms with Crippen molar-refractivity contribution in [2.24, 2.45) is 0 Å². The smallest absolute Gasteiger partial charge is 0.294 e. The van der Waals surface area contributed by atoms with Gasteiger partial charge in [0.15, 0.2) is 0 Å². The number of nitrogens with zero attached hydrogens (tertiary/aromatic N) is 1. The average molecular weight is 383 g/mol. The van der Waals surface area contributed by atoms with E-state index in [9.17, 15) is 22.7 Å². The largest absolute Gasteiger partial charge is 0.350 e. The first-order chi connectivity index (χ1) is 11.7. The molecule has 0 saturated heterocycles. The first-order valence-electron chi connectivity index (χ1n) is 7.11. The van der Waals surface area contributed by atoms with Gasteiger partial charge >= 0.3 is 0 Å². The van der Waals surface area contributed by atoms with Crippen molar-refractivity contribution >= 4 is 37.9 Å². The van der Waals surface area contributed by atoms with Crippen LogP contribution >= 0.6 is 0 Å².